The Kier molecular flexibility index (Phi) is 6.09. The molecule has 1 N–H and O–H groups in total. The van der Waals surface area contributed by atoms with Crippen molar-refractivity contribution in [3.8, 4) is 0 Å². The van der Waals surface area contributed by atoms with Crippen LogP contribution in [0.2, 0.25) is 5.02 Å². The summed E-state index contributed by atoms with van der Waals surface area (Å²) < 4.78 is 0. The second kappa shape index (κ2) is 7.62. The average Bonchev–Trinajstić information content (AvgIpc) is 2.98. The molecule has 0 aromatic heterocycles. The average molecular weight is 309 g/mol. The van der Waals surface area contributed by atoms with Crippen molar-refractivity contribution in [1.29, 1.82) is 0 Å². The van der Waals surface area contributed by atoms with E-state index < -0.39 is 0 Å². The molecule has 0 bridgehead atoms. The van der Waals surface area contributed by atoms with Gasteiger partial charge in [0.15, 0.2) is 0 Å². The summed E-state index contributed by atoms with van der Waals surface area (Å²) >= 11 is 6.07. The van der Waals surface area contributed by atoms with Crippen LogP contribution < -0.4 is 5.32 Å². The van der Waals surface area contributed by atoms with Crippen LogP contribution in [0.4, 0.5) is 0 Å². The predicted molar refractivity (Wildman–Crippen MR) is 92.0 cm³/mol. The maximum Gasteiger partial charge on any atom is 0.0507 e. The number of hydrogen-bond acceptors (Lipinski definition) is 2. The van der Waals surface area contributed by atoms with Crippen LogP contribution in [0.3, 0.4) is 0 Å². The van der Waals surface area contributed by atoms with Crippen molar-refractivity contribution in [3.05, 3.63) is 34.9 Å². The maximum atomic E-state index is 6.07. The highest BCUT2D eigenvalue weighted by molar-refractivity contribution is 6.30. The van der Waals surface area contributed by atoms with Crippen LogP contribution in [0.15, 0.2) is 24.3 Å². The highest BCUT2D eigenvalue weighted by Gasteiger charge is 2.45. The number of rotatable bonds is 7. The van der Waals surface area contributed by atoms with E-state index in [0.29, 0.717) is 6.04 Å². The molecule has 0 saturated heterocycles. The van der Waals surface area contributed by atoms with Crippen LogP contribution in [0.5, 0.6) is 0 Å². The Bertz CT molecular complexity index is 419. The summed E-state index contributed by atoms with van der Waals surface area (Å²) in [5.74, 6) is 0. The van der Waals surface area contributed by atoms with Gasteiger partial charge in [0.05, 0.1) is 6.04 Å². The van der Waals surface area contributed by atoms with E-state index in [0.717, 1.165) is 24.7 Å². The van der Waals surface area contributed by atoms with Crippen molar-refractivity contribution < 1.29 is 0 Å². The van der Waals surface area contributed by atoms with Gasteiger partial charge in [-0.2, -0.15) is 0 Å². The van der Waals surface area contributed by atoms with Gasteiger partial charge < -0.3 is 5.32 Å². The van der Waals surface area contributed by atoms with Crippen molar-refractivity contribution in [2.45, 2.75) is 58.0 Å². The molecule has 1 saturated carbocycles. The molecule has 0 amide bonds. The van der Waals surface area contributed by atoms with Crippen molar-refractivity contribution in [2.75, 3.05) is 19.6 Å². The molecular formula is C18H29ClN2. The number of hydrogen-bond donors (Lipinski definition) is 1. The minimum absolute atomic E-state index is 0.257. The van der Waals surface area contributed by atoms with E-state index in [2.05, 4.69) is 43.1 Å². The van der Waals surface area contributed by atoms with Crippen molar-refractivity contribution in [2.24, 2.45) is 0 Å². The fourth-order valence-corrected chi connectivity index (χ4v) is 4.23. The molecule has 21 heavy (non-hydrogen) atoms. The Morgan fingerprint density at radius 1 is 1.10 bits per heavy atom. The van der Waals surface area contributed by atoms with E-state index in [1.54, 1.807) is 0 Å². The lowest BCUT2D eigenvalue weighted by atomic mass is 9.81. The van der Waals surface area contributed by atoms with Gasteiger partial charge in [0.1, 0.15) is 0 Å². The molecular weight excluding hydrogens is 280 g/mol. The molecule has 1 aliphatic carbocycles. The first kappa shape index (κ1) is 16.8. The summed E-state index contributed by atoms with van der Waals surface area (Å²) in [7, 11) is 0. The zero-order valence-electron chi connectivity index (χ0n) is 13.7. The zero-order valence-corrected chi connectivity index (χ0v) is 14.4. The highest BCUT2D eigenvalue weighted by Crippen LogP contribution is 2.44. The predicted octanol–water partition coefficient (Wildman–Crippen LogP) is 4.65. The van der Waals surface area contributed by atoms with Crippen LogP contribution in [0.1, 0.15) is 58.1 Å². The van der Waals surface area contributed by atoms with Crippen LogP contribution in [-0.4, -0.2) is 30.1 Å². The fourth-order valence-electron chi connectivity index (χ4n) is 4.11. The summed E-state index contributed by atoms with van der Waals surface area (Å²) in [5, 5.41) is 4.58. The van der Waals surface area contributed by atoms with E-state index >= 15 is 0 Å². The van der Waals surface area contributed by atoms with Crippen LogP contribution in [0.25, 0.3) is 0 Å². The molecule has 2 nitrogen and oxygen atoms in total. The third kappa shape index (κ3) is 3.44. The molecule has 1 aromatic carbocycles. The summed E-state index contributed by atoms with van der Waals surface area (Å²) in [5.41, 5.74) is 1.63. The van der Waals surface area contributed by atoms with E-state index in [4.69, 9.17) is 11.6 Å². The highest BCUT2D eigenvalue weighted by atomic mass is 35.5. The van der Waals surface area contributed by atoms with Crippen LogP contribution in [-0.2, 0) is 0 Å². The minimum Gasteiger partial charge on any atom is -0.309 e. The Morgan fingerprint density at radius 2 is 1.67 bits per heavy atom. The first-order chi connectivity index (χ1) is 10.2. The van der Waals surface area contributed by atoms with E-state index in [-0.39, 0.29) is 5.54 Å². The zero-order chi connectivity index (χ0) is 15.3. The van der Waals surface area contributed by atoms with E-state index in [1.807, 2.05) is 12.1 Å². The molecule has 1 unspecified atom stereocenters. The van der Waals surface area contributed by atoms with Gasteiger partial charge in [-0.15, -0.1) is 0 Å². The summed E-state index contributed by atoms with van der Waals surface area (Å²) in [4.78, 5) is 2.67. The topological polar surface area (TPSA) is 15.3 Å². The number of nitrogens with zero attached hydrogens (tertiary/aromatic N) is 1. The van der Waals surface area contributed by atoms with Crippen LogP contribution in [0, 0.1) is 0 Å². The van der Waals surface area contributed by atoms with Gasteiger partial charge in [-0.3, -0.25) is 4.90 Å². The second-order valence-electron chi connectivity index (χ2n) is 6.03. The third-order valence-electron chi connectivity index (χ3n) is 5.01. The lowest BCUT2D eigenvalue weighted by Gasteiger charge is -2.47. The number of halogens is 1. The van der Waals surface area contributed by atoms with Gasteiger partial charge in [0.25, 0.3) is 0 Å². The molecule has 118 valence electrons. The Morgan fingerprint density at radius 3 is 2.14 bits per heavy atom. The summed E-state index contributed by atoms with van der Waals surface area (Å²) in [6.07, 6.45) is 5.25. The first-order valence-corrected chi connectivity index (χ1v) is 8.79. The lowest BCUT2D eigenvalue weighted by Crippen LogP contribution is -2.55. The summed E-state index contributed by atoms with van der Waals surface area (Å²) in [6.45, 7) is 10.0. The molecule has 0 heterocycles. The maximum absolute atomic E-state index is 6.07. The normalized spacial score (nSPS) is 19.1. The first-order valence-electron chi connectivity index (χ1n) is 8.41. The van der Waals surface area contributed by atoms with Gasteiger partial charge in [-0.05, 0) is 50.2 Å². The smallest absolute Gasteiger partial charge is 0.0507 e. The molecule has 1 aliphatic rings. The molecule has 1 aromatic rings. The molecule has 0 aliphatic heterocycles. The van der Waals surface area contributed by atoms with E-state index in [9.17, 15) is 0 Å². The molecule has 3 heteroatoms. The summed E-state index contributed by atoms with van der Waals surface area (Å²) in [6, 6.07) is 8.82. The third-order valence-corrected chi connectivity index (χ3v) is 5.26. The monoisotopic (exact) mass is 308 g/mol. The Labute approximate surface area is 134 Å². The Balaban J connectivity index is 2.39. The number of benzene rings is 1. The minimum atomic E-state index is 0.257. The standard InChI is InChI=1S/C18H29ClN2/c1-4-20-17(15-9-11-16(19)12-10-15)18(13-7-8-14-18)21(5-2)6-3/h9-12,17,20H,4-8,13-14H2,1-3H3. The van der Waals surface area contributed by atoms with E-state index in [1.165, 1.54) is 31.2 Å². The molecule has 0 spiro atoms. The Hall–Kier alpha value is -0.570. The largest absolute Gasteiger partial charge is 0.309 e. The van der Waals surface area contributed by atoms with Gasteiger partial charge in [0.2, 0.25) is 0 Å². The molecule has 2 rings (SSSR count). The molecule has 1 fully saturated rings. The van der Waals surface area contributed by atoms with Crippen LogP contribution >= 0.6 is 11.6 Å². The van der Waals surface area contributed by atoms with Crippen molar-refractivity contribution in [1.82, 2.24) is 10.2 Å². The van der Waals surface area contributed by atoms with Gasteiger partial charge in [-0.1, -0.05) is 57.3 Å². The fraction of sp³-hybridized carbons (Fsp3) is 0.667. The molecule has 0 radical (unpaired) electrons. The van der Waals surface area contributed by atoms with Gasteiger partial charge >= 0.3 is 0 Å². The SMILES string of the molecule is CCNC(c1ccc(Cl)cc1)C1(N(CC)CC)CCCC1. The van der Waals surface area contributed by atoms with Gasteiger partial charge in [-0.25, -0.2) is 0 Å². The van der Waals surface area contributed by atoms with Crippen molar-refractivity contribution in [3.63, 3.8) is 0 Å². The second-order valence-corrected chi connectivity index (χ2v) is 6.46. The van der Waals surface area contributed by atoms with Crippen molar-refractivity contribution >= 4 is 11.6 Å². The molecule has 1 atom stereocenters. The lowest BCUT2D eigenvalue weighted by molar-refractivity contribution is 0.0632. The number of nitrogens with one attached hydrogen (secondary N) is 1. The van der Waals surface area contributed by atoms with Gasteiger partial charge in [0, 0.05) is 10.6 Å². The number of likely N-dealkylation sites (N-methyl/N-ethyl adjacent to an activating group) is 2. The quantitative estimate of drug-likeness (QED) is 0.789.